The molecule has 13 heteroatoms. The van der Waals surface area contributed by atoms with Crippen LogP contribution in [0.2, 0.25) is 0 Å². The van der Waals surface area contributed by atoms with Gasteiger partial charge in [-0.25, -0.2) is 9.18 Å². The molecule has 1 saturated heterocycles. The van der Waals surface area contributed by atoms with Crippen molar-refractivity contribution in [3.05, 3.63) is 138 Å². The molecule has 2 aliphatic heterocycles. The molecule has 2 heterocycles. The highest BCUT2D eigenvalue weighted by atomic mass is 35.5. The van der Waals surface area contributed by atoms with Crippen LogP contribution >= 0.6 is 11.6 Å². The van der Waals surface area contributed by atoms with E-state index in [1.54, 1.807) is 23.1 Å². The van der Waals surface area contributed by atoms with E-state index in [4.69, 9.17) is 45.3 Å². The molecule has 2 aliphatic carbocycles. The van der Waals surface area contributed by atoms with E-state index < -0.39 is 35.9 Å². The van der Waals surface area contributed by atoms with Crippen molar-refractivity contribution in [2.75, 3.05) is 38.9 Å². The number of rotatable bonds is 21. The Balaban J connectivity index is 1.30. The van der Waals surface area contributed by atoms with Gasteiger partial charge in [0.1, 0.15) is 35.7 Å². The third kappa shape index (κ3) is 11.2. The first-order chi connectivity index (χ1) is 32.8. The van der Waals surface area contributed by atoms with Crippen molar-refractivity contribution in [3.63, 3.8) is 0 Å². The maximum atomic E-state index is 14.6. The molecule has 4 aromatic carbocycles. The predicted molar refractivity (Wildman–Crippen MR) is 256 cm³/mol. The maximum Gasteiger partial charge on any atom is 0.410 e. The number of hydrogen-bond donors (Lipinski definition) is 2. The first-order valence-corrected chi connectivity index (χ1v) is 24.3. The van der Waals surface area contributed by atoms with E-state index in [0.29, 0.717) is 54.4 Å². The van der Waals surface area contributed by atoms with Crippen molar-refractivity contribution in [1.82, 2.24) is 4.90 Å². The molecule has 0 bridgehead atoms. The summed E-state index contributed by atoms with van der Waals surface area (Å²) < 4.78 is 47.3. The van der Waals surface area contributed by atoms with Gasteiger partial charge in [0.05, 0.1) is 30.7 Å². The van der Waals surface area contributed by atoms with Gasteiger partial charge in [0.15, 0.2) is 0 Å². The number of aliphatic hydroxyl groups excluding tert-OH is 2. The number of hydrogen-bond acceptors (Lipinski definition) is 10. The van der Waals surface area contributed by atoms with Crippen molar-refractivity contribution in [2.45, 2.75) is 94.8 Å². The van der Waals surface area contributed by atoms with E-state index in [0.717, 1.165) is 60.8 Å². The lowest BCUT2D eigenvalue weighted by molar-refractivity contribution is -0.256. The van der Waals surface area contributed by atoms with Crippen molar-refractivity contribution >= 4 is 23.4 Å². The SMILES string of the molecule is C=CCOC12Oc3ccc(Oc4ccc(-c5ccccc5)cc4)cc3C3C(CCCCO)C(CCCCO)C=C(C(=NOC4CCCCO4)CC1N(Cc1ccc(F)cc1)C(=O)OCCCl)C32. The Morgan fingerprint density at radius 2 is 1.67 bits per heavy atom. The Kier molecular flexibility index (Phi) is 16.7. The molecular weight excluding hydrogens is 875 g/mol. The number of alkyl halides is 1. The Bertz CT molecular complexity index is 2310. The second-order valence-electron chi connectivity index (χ2n) is 17.7. The van der Waals surface area contributed by atoms with Gasteiger partial charge < -0.3 is 38.7 Å². The highest BCUT2D eigenvalue weighted by molar-refractivity contribution is 6.18. The van der Waals surface area contributed by atoms with Crippen LogP contribution in [0.5, 0.6) is 17.2 Å². The second-order valence-corrected chi connectivity index (χ2v) is 18.1. The standard InChI is InChI=1S/C54H62ClFN2O9/c1-2-30-64-54-49(58(53(61)63-32-27-55)36-37-17-21-41(56)22-18-37)35-47(57-67-50-16-8-11-31-62-50)45-33-40(14-6-9-28-59)44(15-7-10-29-60)51(52(45)54)46-34-43(25-26-48(46)66-54)65-42-23-19-39(20-24-42)38-12-4-3-5-13-38/h2-5,12-13,17-26,33-34,40,44,49-52,59-60H,1,6-11,14-16,27-32,35-36H2. The smallest absolute Gasteiger partial charge is 0.410 e. The minimum atomic E-state index is -1.54. The fourth-order valence-electron chi connectivity index (χ4n) is 10.4. The van der Waals surface area contributed by atoms with E-state index in [9.17, 15) is 19.4 Å². The third-order valence-corrected chi connectivity index (χ3v) is 13.6. The number of halogens is 2. The van der Waals surface area contributed by atoms with Crippen LogP contribution in [-0.2, 0) is 25.6 Å². The van der Waals surface area contributed by atoms with Crippen LogP contribution < -0.4 is 9.47 Å². The fourth-order valence-corrected chi connectivity index (χ4v) is 10.5. The molecule has 0 spiro atoms. The Labute approximate surface area is 398 Å². The Morgan fingerprint density at radius 3 is 2.39 bits per heavy atom. The van der Waals surface area contributed by atoms with Crippen LogP contribution in [0, 0.1) is 23.6 Å². The van der Waals surface area contributed by atoms with Crippen molar-refractivity contribution in [3.8, 4) is 28.4 Å². The van der Waals surface area contributed by atoms with E-state index in [2.05, 4.69) is 30.9 Å². The number of carbonyl (C=O) groups is 1. The monoisotopic (exact) mass is 936 g/mol. The summed E-state index contributed by atoms with van der Waals surface area (Å²) in [7, 11) is 0. The number of carbonyl (C=O) groups excluding carboxylic acids is 1. The van der Waals surface area contributed by atoms with Crippen LogP contribution in [0.4, 0.5) is 9.18 Å². The molecule has 0 radical (unpaired) electrons. The van der Waals surface area contributed by atoms with Crippen LogP contribution in [0.25, 0.3) is 11.1 Å². The van der Waals surface area contributed by atoms with Gasteiger partial charge in [0, 0.05) is 44.1 Å². The predicted octanol–water partition coefficient (Wildman–Crippen LogP) is 11.3. The lowest BCUT2D eigenvalue weighted by Gasteiger charge is -2.59. The summed E-state index contributed by atoms with van der Waals surface area (Å²) in [5.74, 6) is -0.839. The maximum absolute atomic E-state index is 14.6. The first kappa shape index (κ1) is 48.2. The van der Waals surface area contributed by atoms with Crippen molar-refractivity contribution < 1.29 is 47.9 Å². The lowest BCUT2D eigenvalue weighted by Crippen LogP contribution is -2.70. The van der Waals surface area contributed by atoms with Gasteiger partial charge in [-0.3, -0.25) is 4.90 Å². The fraction of sp³-hybridized carbons (Fsp3) is 0.444. The highest BCUT2D eigenvalue weighted by Crippen LogP contribution is 2.62. The van der Waals surface area contributed by atoms with Crippen LogP contribution in [-0.4, -0.2) is 84.0 Å². The zero-order valence-corrected chi connectivity index (χ0v) is 38.7. The summed E-state index contributed by atoms with van der Waals surface area (Å²) in [6.07, 6.45) is 9.88. The number of fused-ring (bicyclic) bond motifs is 2. The zero-order valence-electron chi connectivity index (χ0n) is 38.0. The van der Waals surface area contributed by atoms with Gasteiger partial charge in [-0.15, -0.1) is 18.2 Å². The van der Waals surface area contributed by atoms with Crippen molar-refractivity contribution in [1.29, 1.82) is 0 Å². The summed E-state index contributed by atoms with van der Waals surface area (Å²) in [5.41, 5.74) is 5.27. The minimum absolute atomic E-state index is 0.00917. The summed E-state index contributed by atoms with van der Waals surface area (Å²) in [6, 6.07) is 29.2. The van der Waals surface area contributed by atoms with E-state index >= 15 is 0 Å². The van der Waals surface area contributed by atoms with E-state index in [1.165, 1.54) is 12.1 Å². The molecule has 8 rings (SSSR count). The Hall–Kier alpha value is -5.24. The minimum Gasteiger partial charge on any atom is -0.459 e. The normalized spacial score (nSPS) is 24.7. The summed E-state index contributed by atoms with van der Waals surface area (Å²) in [5, 5.41) is 25.0. The molecule has 1 saturated carbocycles. The molecule has 1 amide bonds. The molecule has 0 aromatic heterocycles. The second kappa shape index (κ2) is 23.2. The van der Waals surface area contributed by atoms with Gasteiger partial charge in [-0.05, 0) is 115 Å². The first-order valence-electron chi connectivity index (χ1n) is 23.8. The number of oxime groups is 1. The summed E-state index contributed by atoms with van der Waals surface area (Å²) in [4.78, 5) is 22.5. The molecule has 11 nitrogen and oxygen atoms in total. The average molecular weight is 938 g/mol. The summed E-state index contributed by atoms with van der Waals surface area (Å²) in [6.45, 7) is 4.81. The van der Waals surface area contributed by atoms with E-state index in [1.807, 2.05) is 54.6 Å². The van der Waals surface area contributed by atoms with Gasteiger partial charge >= 0.3 is 6.09 Å². The van der Waals surface area contributed by atoms with Crippen molar-refractivity contribution in [2.24, 2.45) is 22.9 Å². The molecule has 7 unspecified atom stereocenters. The Morgan fingerprint density at radius 1 is 0.925 bits per heavy atom. The number of benzene rings is 4. The number of allylic oxidation sites excluding steroid dienone is 1. The quantitative estimate of drug-likeness (QED) is 0.0363. The molecule has 67 heavy (non-hydrogen) atoms. The number of unbranched alkanes of at least 4 members (excludes halogenated alkanes) is 2. The highest BCUT2D eigenvalue weighted by Gasteiger charge is 2.65. The van der Waals surface area contributed by atoms with Crippen LogP contribution in [0.1, 0.15) is 81.3 Å². The average Bonchev–Trinajstić information content (AvgIpc) is 3.36. The van der Waals surface area contributed by atoms with E-state index in [-0.39, 0.29) is 63.0 Å². The third-order valence-electron chi connectivity index (χ3n) is 13.4. The van der Waals surface area contributed by atoms with Gasteiger partial charge in [0.2, 0.25) is 12.1 Å². The molecule has 4 aliphatic rings. The number of nitrogens with zero attached hydrogens (tertiary/aromatic N) is 2. The number of ether oxygens (including phenoxy) is 5. The van der Waals surface area contributed by atoms with Crippen LogP contribution in [0.15, 0.2) is 127 Å². The van der Waals surface area contributed by atoms with Crippen LogP contribution in [0.3, 0.4) is 0 Å². The summed E-state index contributed by atoms with van der Waals surface area (Å²) >= 11 is 6.11. The molecular formula is C54H62ClFN2O9. The van der Waals surface area contributed by atoms with Gasteiger partial charge in [-0.2, -0.15) is 0 Å². The molecule has 7 atom stereocenters. The van der Waals surface area contributed by atoms with Gasteiger partial charge in [0.25, 0.3) is 0 Å². The molecule has 2 N–H and O–H groups in total. The molecule has 356 valence electrons. The topological polar surface area (TPSA) is 129 Å². The number of aliphatic hydroxyl groups is 2. The number of amides is 1. The molecule has 4 aromatic rings. The zero-order chi connectivity index (χ0) is 46.6. The van der Waals surface area contributed by atoms with Gasteiger partial charge in [-0.1, -0.05) is 84.7 Å². The largest absolute Gasteiger partial charge is 0.459 e. The molecule has 2 fully saturated rings. The lowest BCUT2D eigenvalue weighted by atomic mass is 9.55.